The summed E-state index contributed by atoms with van der Waals surface area (Å²) < 4.78 is 9.07. The van der Waals surface area contributed by atoms with Crippen molar-refractivity contribution in [1.82, 2.24) is 10.2 Å². The second-order valence-electron chi connectivity index (χ2n) is 1.26. The molecule has 0 radical (unpaired) electrons. The molecule has 0 fully saturated rings. The molecule has 1 rings (SSSR count). The van der Waals surface area contributed by atoms with Crippen LogP contribution >= 0.6 is 23.0 Å². The Morgan fingerprint density at radius 2 is 2.67 bits per heavy atom. The second kappa shape index (κ2) is 2.97. The third-order valence-electron chi connectivity index (χ3n) is 0.660. The van der Waals surface area contributed by atoms with Gasteiger partial charge in [0.1, 0.15) is 29.6 Å². The van der Waals surface area contributed by atoms with E-state index < -0.39 is 5.76 Å². The highest BCUT2D eigenvalue weighted by atomic mass is 127. The van der Waals surface area contributed by atoms with Crippen molar-refractivity contribution in [3.63, 3.8) is 0 Å². The minimum Gasteiger partial charge on any atom is -0.390 e. The van der Waals surface area contributed by atoms with Crippen LogP contribution in [0.2, 0.25) is 0 Å². The van der Waals surface area contributed by atoms with Crippen LogP contribution in [0.4, 0.5) is 0 Å². The van der Waals surface area contributed by atoms with Crippen LogP contribution in [0, 0.1) is 0 Å². The van der Waals surface area contributed by atoms with Gasteiger partial charge in [-0.1, -0.05) is 0 Å². The van der Waals surface area contributed by atoms with E-state index in [-0.39, 0.29) is 12.5 Å². The van der Waals surface area contributed by atoms with Gasteiger partial charge in [-0.15, -0.1) is 5.10 Å². The molecule has 0 aromatic carbocycles. The molecule has 0 aliphatic rings. The summed E-state index contributed by atoms with van der Waals surface area (Å²) in [5.74, 6) is -0.298. The van der Waals surface area contributed by atoms with E-state index in [1.165, 1.54) is 0 Å². The summed E-state index contributed by atoms with van der Waals surface area (Å²) in [6.07, 6.45) is 0. The highest BCUT2D eigenvalue weighted by Crippen LogP contribution is 1.94. The van der Waals surface area contributed by atoms with Gasteiger partial charge in [0.25, 0.3) is 0 Å². The van der Waals surface area contributed by atoms with Crippen LogP contribution < -0.4 is 5.76 Å². The third-order valence-corrected chi connectivity index (χ3v) is 0.972. The molecule has 0 bridgehead atoms. The number of nitrogens with zero attached hydrogens (tertiary/aromatic N) is 1. The van der Waals surface area contributed by atoms with Gasteiger partial charge < -0.3 is 7.48 Å². The Morgan fingerprint density at radius 1 is 1.89 bits per heavy atom. The smallest absolute Gasteiger partial charge is 0.390 e. The summed E-state index contributed by atoms with van der Waals surface area (Å²) in [6.45, 7) is 0.208. The Hall–Kier alpha value is -0.370. The lowest BCUT2D eigenvalue weighted by Gasteiger charge is -1.82. The normalized spacial score (nSPS) is 9.89. The summed E-state index contributed by atoms with van der Waals surface area (Å²) in [5.41, 5.74) is 0. The molecular formula is C3H3IN2O3. The lowest BCUT2D eigenvalue weighted by Crippen LogP contribution is -1.93. The number of halogens is 1. The van der Waals surface area contributed by atoms with E-state index in [1.54, 1.807) is 23.0 Å². The van der Waals surface area contributed by atoms with Crippen molar-refractivity contribution in [2.75, 3.05) is 0 Å². The average molecular weight is 242 g/mol. The zero-order valence-electron chi connectivity index (χ0n) is 4.26. The molecule has 0 amide bonds. The highest BCUT2D eigenvalue weighted by Gasteiger charge is 1.97. The van der Waals surface area contributed by atoms with E-state index in [0.29, 0.717) is 0 Å². The van der Waals surface area contributed by atoms with Crippen LogP contribution in [0.25, 0.3) is 0 Å². The first-order chi connectivity index (χ1) is 4.33. The maximum atomic E-state index is 10.2. The molecule has 0 unspecified atom stereocenters. The predicted octanol–water partition coefficient (Wildman–Crippen LogP) is 0.229. The molecule has 6 heteroatoms. The van der Waals surface area contributed by atoms with Crippen LogP contribution in [0.5, 0.6) is 0 Å². The maximum absolute atomic E-state index is 10.2. The summed E-state index contributed by atoms with van der Waals surface area (Å²) in [6, 6.07) is 0. The van der Waals surface area contributed by atoms with Crippen LogP contribution in [0.3, 0.4) is 0 Å². The Balaban J connectivity index is 2.73. The Labute approximate surface area is 64.1 Å². The van der Waals surface area contributed by atoms with E-state index in [9.17, 15) is 4.79 Å². The highest BCUT2D eigenvalue weighted by molar-refractivity contribution is 14.1. The summed E-state index contributed by atoms with van der Waals surface area (Å²) in [5, 5.41) is 5.57. The van der Waals surface area contributed by atoms with Crippen molar-refractivity contribution < 1.29 is 7.48 Å². The number of aromatic nitrogens is 2. The van der Waals surface area contributed by atoms with Gasteiger partial charge >= 0.3 is 5.76 Å². The first kappa shape index (κ1) is 6.75. The molecule has 50 valence electrons. The van der Waals surface area contributed by atoms with Crippen molar-refractivity contribution in [3.05, 3.63) is 16.4 Å². The van der Waals surface area contributed by atoms with E-state index in [0.717, 1.165) is 0 Å². The number of H-pyrrole nitrogens is 1. The molecule has 9 heavy (non-hydrogen) atoms. The summed E-state index contributed by atoms with van der Waals surface area (Å²) in [4.78, 5) is 10.2. The molecule has 0 aliphatic carbocycles. The van der Waals surface area contributed by atoms with Gasteiger partial charge in [0.15, 0.2) is 0 Å². The standard InChI is InChI=1S/C3H3IN2O3/c4-8-1-2-5-6-3(7)9-2/h1H2,(H,6,7). The van der Waals surface area contributed by atoms with Crippen molar-refractivity contribution in [3.8, 4) is 0 Å². The number of hydrogen-bond donors (Lipinski definition) is 1. The summed E-state index contributed by atoms with van der Waals surface area (Å²) in [7, 11) is 0. The average Bonchev–Trinajstić information content (AvgIpc) is 2.17. The van der Waals surface area contributed by atoms with Gasteiger partial charge in [-0.3, -0.25) is 0 Å². The second-order valence-corrected chi connectivity index (χ2v) is 1.88. The molecule has 0 atom stereocenters. The monoisotopic (exact) mass is 242 g/mol. The number of aromatic amines is 1. The van der Waals surface area contributed by atoms with Crippen LogP contribution in [0.15, 0.2) is 9.21 Å². The van der Waals surface area contributed by atoms with Crippen molar-refractivity contribution in [2.45, 2.75) is 6.61 Å². The van der Waals surface area contributed by atoms with Crippen LogP contribution in [0.1, 0.15) is 5.89 Å². The zero-order valence-corrected chi connectivity index (χ0v) is 6.41. The lowest BCUT2D eigenvalue weighted by molar-refractivity contribution is 0.333. The maximum Gasteiger partial charge on any atom is 0.434 e. The number of rotatable bonds is 2. The molecule has 0 saturated heterocycles. The molecule has 0 saturated carbocycles. The third kappa shape index (κ3) is 1.79. The molecule has 0 aliphatic heterocycles. The fourth-order valence-electron chi connectivity index (χ4n) is 0.369. The van der Waals surface area contributed by atoms with Crippen LogP contribution in [-0.4, -0.2) is 10.2 Å². The van der Waals surface area contributed by atoms with Crippen LogP contribution in [-0.2, 0) is 9.67 Å². The van der Waals surface area contributed by atoms with Gasteiger partial charge in [0, 0.05) is 0 Å². The van der Waals surface area contributed by atoms with E-state index in [4.69, 9.17) is 0 Å². The predicted molar refractivity (Wildman–Crippen MR) is 35.9 cm³/mol. The van der Waals surface area contributed by atoms with E-state index in [1.807, 2.05) is 0 Å². The van der Waals surface area contributed by atoms with Gasteiger partial charge in [-0.2, -0.15) is 0 Å². The molecular weight excluding hydrogens is 239 g/mol. The van der Waals surface area contributed by atoms with E-state index in [2.05, 4.69) is 17.7 Å². The van der Waals surface area contributed by atoms with Crippen molar-refractivity contribution in [2.24, 2.45) is 0 Å². The first-order valence-electron chi connectivity index (χ1n) is 2.11. The number of hydrogen-bond acceptors (Lipinski definition) is 4. The van der Waals surface area contributed by atoms with Crippen molar-refractivity contribution in [1.29, 1.82) is 0 Å². The SMILES string of the molecule is O=c1[nH]nc(COI)o1. The Morgan fingerprint density at radius 3 is 3.11 bits per heavy atom. The molecule has 1 heterocycles. The first-order valence-corrected chi connectivity index (χ1v) is 2.99. The van der Waals surface area contributed by atoms with Gasteiger partial charge in [0.2, 0.25) is 5.89 Å². The van der Waals surface area contributed by atoms with Gasteiger partial charge in [-0.25, -0.2) is 9.89 Å². The topological polar surface area (TPSA) is 68.1 Å². The van der Waals surface area contributed by atoms with Crippen molar-refractivity contribution >= 4 is 23.0 Å². The number of nitrogens with one attached hydrogen (secondary N) is 1. The zero-order chi connectivity index (χ0) is 6.69. The molecule has 1 N–H and O–H groups in total. The van der Waals surface area contributed by atoms with Gasteiger partial charge in [0.05, 0.1) is 0 Å². The Kier molecular flexibility index (Phi) is 2.22. The molecule has 1 aromatic rings. The lowest BCUT2D eigenvalue weighted by atomic mass is 10.7. The molecule has 5 nitrogen and oxygen atoms in total. The van der Waals surface area contributed by atoms with Gasteiger partial charge in [-0.05, 0) is 0 Å². The largest absolute Gasteiger partial charge is 0.434 e. The minimum atomic E-state index is -0.557. The summed E-state index contributed by atoms with van der Waals surface area (Å²) >= 11 is 1.68. The molecule has 0 spiro atoms. The van der Waals surface area contributed by atoms with E-state index >= 15 is 0 Å². The Bertz CT molecular complexity index is 229. The fourth-order valence-corrected chi connectivity index (χ4v) is 0.635. The quantitative estimate of drug-likeness (QED) is 0.753. The minimum absolute atomic E-state index is 0.208. The molecule has 1 aromatic heterocycles. The fraction of sp³-hybridized carbons (Fsp3) is 0.333.